The zero-order valence-electron chi connectivity index (χ0n) is 11.1. The summed E-state index contributed by atoms with van der Waals surface area (Å²) in [5, 5.41) is 3.71. The van der Waals surface area contributed by atoms with Crippen molar-refractivity contribution in [3.05, 3.63) is 53.6 Å². The lowest BCUT2D eigenvalue weighted by atomic mass is 10.1. The Kier molecular flexibility index (Phi) is 4.10. The number of carbonyl (C=O) groups is 2. The van der Waals surface area contributed by atoms with Crippen molar-refractivity contribution in [3.8, 4) is 5.75 Å². The minimum atomic E-state index is -0.590. The second-order valence-electron chi connectivity index (χ2n) is 4.15. The van der Waals surface area contributed by atoms with E-state index in [1.807, 2.05) is 0 Å². The number of oxime groups is 1. The summed E-state index contributed by atoms with van der Waals surface area (Å²) >= 11 is 0. The van der Waals surface area contributed by atoms with Crippen LogP contribution in [-0.2, 0) is 9.63 Å². The molecule has 5 nitrogen and oxygen atoms in total. The standard InChI is InChI=1S/C15H13NO4/c1-10-8-12(6-7-14(10)17)16-20-15(18)11-4-3-5-13(9-11)19-2/h3-9H,1-2H3. The lowest BCUT2D eigenvalue weighted by Crippen LogP contribution is -2.07. The smallest absolute Gasteiger partial charge is 0.365 e. The highest BCUT2D eigenvalue weighted by Crippen LogP contribution is 2.13. The fourth-order valence-corrected chi connectivity index (χ4v) is 1.59. The fourth-order valence-electron chi connectivity index (χ4n) is 1.59. The average Bonchev–Trinajstić information content (AvgIpc) is 2.48. The predicted octanol–water partition coefficient (Wildman–Crippen LogP) is 2.29. The second-order valence-corrected chi connectivity index (χ2v) is 4.15. The van der Waals surface area contributed by atoms with Crippen LogP contribution < -0.4 is 4.74 Å². The third-order valence-electron chi connectivity index (χ3n) is 2.70. The van der Waals surface area contributed by atoms with E-state index in [-0.39, 0.29) is 5.78 Å². The summed E-state index contributed by atoms with van der Waals surface area (Å²) < 4.78 is 5.02. The first-order valence-corrected chi connectivity index (χ1v) is 5.94. The van der Waals surface area contributed by atoms with Crippen molar-refractivity contribution < 1.29 is 19.2 Å². The summed E-state index contributed by atoms with van der Waals surface area (Å²) in [5.74, 6) is -0.109. The van der Waals surface area contributed by atoms with E-state index in [2.05, 4.69) is 5.16 Å². The van der Waals surface area contributed by atoms with Crippen LogP contribution in [0.15, 0.2) is 53.2 Å². The molecule has 0 saturated heterocycles. The normalized spacial score (nSPS) is 16.0. The molecular formula is C15H13NO4. The Hall–Kier alpha value is -2.69. The highest BCUT2D eigenvalue weighted by Gasteiger charge is 2.10. The number of ether oxygens (including phenoxy) is 1. The monoisotopic (exact) mass is 271 g/mol. The number of ketones is 1. The van der Waals surface area contributed by atoms with Crippen LogP contribution in [0, 0.1) is 0 Å². The second kappa shape index (κ2) is 5.97. The average molecular weight is 271 g/mol. The number of methoxy groups -OCH3 is 1. The van der Waals surface area contributed by atoms with E-state index in [4.69, 9.17) is 9.57 Å². The molecular weight excluding hydrogens is 258 g/mol. The first kappa shape index (κ1) is 13.7. The van der Waals surface area contributed by atoms with E-state index >= 15 is 0 Å². The maximum Gasteiger partial charge on any atom is 0.365 e. The van der Waals surface area contributed by atoms with E-state index in [0.29, 0.717) is 22.6 Å². The molecule has 20 heavy (non-hydrogen) atoms. The van der Waals surface area contributed by atoms with E-state index in [1.165, 1.54) is 19.3 Å². The van der Waals surface area contributed by atoms with Gasteiger partial charge < -0.3 is 9.57 Å². The number of allylic oxidation sites excluding steroid dienone is 4. The zero-order valence-corrected chi connectivity index (χ0v) is 11.1. The van der Waals surface area contributed by atoms with Crippen molar-refractivity contribution in [2.75, 3.05) is 7.11 Å². The van der Waals surface area contributed by atoms with E-state index in [9.17, 15) is 9.59 Å². The zero-order chi connectivity index (χ0) is 14.5. The molecule has 1 aromatic carbocycles. The molecule has 2 rings (SSSR count). The molecule has 1 aliphatic carbocycles. The third-order valence-corrected chi connectivity index (χ3v) is 2.70. The van der Waals surface area contributed by atoms with Crippen LogP contribution in [0.1, 0.15) is 17.3 Å². The SMILES string of the molecule is COc1cccc(C(=O)ON=C2C=CC(=O)C(C)=C2)c1. The van der Waals surface area contributed by atoms with Gasteiger partial charge in [-0.15, -0.1) is 0 Å². The summed E-state index contributed by atoms with van der Waals surface area (Å²) in [5.41, 5.74) is 1.30. The Labute approximate surface area is 116 Å². The highest BCUT2D eigenvalue weighted by molar-refractivity contribution is 6.18. The van der Waals surface area contributed by atoms with Gasteiger partial charge in [0.15, 0.2) is 5.78 Å². The van der Waals surface area contributed by atoms with Crippen molar-refractivity contribution in [3.63, 3.8) is 0 Å². The van der Waals surface area contributed by atoms with Gasteiger partial charge in [-0.3, -0.25) is 4.79 Å². The summed E-state index contributed by atoms with van der Waals surface area (Å²) in [6.45, 7) is 1.67. The van der Waals surface area contributed by atoms with Gasteiger partial charge in [0, 0.05) is 0 Å². The fraction of sp³-hybridized carbons (Fsp3) is 0.133. The van der Waals surface area contributed by atoms with Crippen LogP contribution >= 0.6 is 0 Å². The number of benzene rings is 1. The molecule has 0 heterocycles. The Morgan fingerprint density at radius 2 is 2.05 bits per heavy atom. The lowest BCUT2D eigenvalue weighted by molar-refractivity contribution is -0.111. The molecule has 0 radical (unpaired) electrons. The largest absolute Gasteiger partial charge is 0.497 e. The molecule has 0 N–H and O–H groups in total. The summed E-state index contributed by atoms with van der Waals surface area (Å²) in [6.07, 6.45) is 4.43. The highest BCUT2D eigenvalue weighted by atomic mass is 16.7. The number of hydrogen-bond acceptors (Lipinski definition) is 5. The van der Waals surface area contributed by atoms with Crippen molar-refractivity contribution in [1.29, 1.82) is 0 Å². The predicted molar refractivity (Wildman–Crippen MR) is 73.7 cm³/mol. The molecule has 0 aromatic heterocycles. The third kappa shape index (κ3) is 3.20. The maximum atomic E-state index is 11.8. The summed E-state index contributed by atoms with van der Waals surface area (Å²) in [6, 6.07) is 6.58. The molecule has 0 fully saturated rings. The molecule has 0 bridgehead atoms. The van der Waals surface area contributed by atoms with E-state index in [1.54, 1.807) is 37.3 Å². The Morgan fingerprint density at radius 3 is 2.75 bits per heavy atom. The topological polar surface area (TPSA) is 65.0 Å². The number of nitrogens with zero attached hydrogens (tertiary/aromatic N) is 1. The minimum Gasteiger partial charge on any atom is -0.497 e. The van der Waals surface area contributed by atoms with Gasteiger partial charge in [0.05, 0.1) is 12.7 Å². The van der Waals surface area contributed by atoms with Gasteiger partial charge in [-0.05, 0) is 48.9 Å². The van der Waals surface area contributed by atoms with Gasteiger partial charge in [-0.2, -0.15) is 0 Å². The molecule has 1 aromatic rings. The van der Waals surface area contributed by atoms with Crippen LogP contribution in [-0.4, -0.2) is 24.6 Å². The maximum absolute atomic E-state index is 11.8. The molecule has 0 aliphatic heterocycles. The minimum absolute atomic E-state index is 0.0805. The number of carbonyl (C=O) groups excluding carboxylic acids is 2. The Morgan fingerprint density at radius 1 is 1.25 bits per heavy atom. The van der Waals surface area contributed by atoms with Gasteiger partial charge in [0.25, 0.3) is 0 Å². The molecule has 0 spiro atoms. The molecule has 0 atom stereocenters. The van der Waals surface area contributed by atoms with Crippen molar-refractivity contribution >= 4 is 17.5 Å². The van der Waals surface area contributed by atoms with Crippen molar-refractivity contribution in [2.24, 2.45) is 5.16 Å². The summed E-state index contributed by atoms with van der Waals surface area (Å²) in [4.78, 5) is 27.9. The van der Waals surface area contributed by atoms with Gasteiger partial charge >= 0.3 is 5.97 Å². The van der Waals surface area contributed by atoms with Gasteiger partial charge in [-0.25, -0.2) is 4.79 Å². The quantitative estimate of drug-likeness (QED) is 0.480. The molecule has 102 valence electrons. The molecule has 0 unspecified atom stereocenters. The number of hydrogen-bond donors (Lipinski definition) is 0. The van der Waals surface area contributed by atoms with Crippen molar-refractivity contribution in [1.82, 2.24) is 0 Å². The molecule has 0 saturated carbocycles. The number of rotatable bonds is 3. The lowest BCUT2D eigenvalue weighted by Gasteiger charge is -2.04. The van der Waals surface area contributed by atoms with Crippen molar-refractivity contribution in [2.45, 2.75) is 6.92 Å². The van der Waals surface area contributed by atoms with Gasteiger partial charge in [-0.1, -0.05) is 11.2 Å². The van der Waals surface area contributed by atoms with Crippen LogP contribution in [0.2, 0.25) is 0 Å². The Bertz CT molecular complexity index is 641. The first-order chi connectivity index (χ1) is 9.60. The Balaban J connectivity index is 2.09. The van der Waals surface area contributed by atoms with Gasteiger partial charge in [0.2, 0.25) is 0 Å². The van der Waals surface area contributed by atoms with Crippen LogP contribution in [0.3, 0.4) is 0 Å². The summed E-state index contributed by atoms with van der Waals surface area (Å²) in [7, 11) is 1.52. The van der Waals surface area contributed by atoms with Crippen LogP contribution in [0.4, 0.5) is 0 Å². The van der Waals surface area contributed by atoms with E-state index < -0.39 is 5.97 Å². The van der Waals surface area contributed by atoms with Crippen LogP contribution in [0.25, 0.3) is 0 Å². The molecule has 1 aliphatic rings. The van der Waals surface area contributed by atoms with E-state index in [0.717, 1.165) is 0 Å². The van der Waals surface area contributed by atoms with Crippen LogP contribution in [0.5, 0.6) is 5.75 Å². The van der Waals surface area contributed by atoms with Gasteiger partial charge in [0.1, 0.15) is 11.5 Å². The molecule has 5 heteroatoms. The molecule has 0 amide bonds. The first-order valence-electron chi connectivity index (χ1n) is 5.94.